The molecule has 0 spiro atoms. The number of benzene rings is 2. The molecule has 2 aromatic rings. The summed E-state index contributed by atoms with van der Waals surface area (Å²) in [6, 6.07) is 10.9. The van der Waals surface area contributed by atoms with Gasteiger partial charge in [0.2, 0.25) is 17.7 Å². The van der Waals surface area contributed by atoms with Crippen LogP contribution in [0.2, 0.25) is 0 Å². The highest BCUT2D eigenvalue weighted by atomic mass is 16.3. The van der Waals surface area contributed by atoms with Crippen molar-refractivity contribution in [1.82, 2.24) is 20.9 Å². The number of aryl methyl sites for hydroxylation is 1. The molecule has 5 rings (SSSR count). The minimum atomic E-state index is -0.844. The zero-order valence-corrected chi connectivity index (χ0v) is 24.0. The Labute approximate surface area is 240 Å². The maximum atomic E-state index is 14.2. The quantitative estimate of drug-likeness (QED) is 0.351. The Morgan fingerprint density at radius 2 is 1.78 bits per heavy atom. The highest BCUT2D eigenvalue weighted by Gasteiger charge is 2.55. The Bertz CT molecular complexity index is 1310. The summed E-state index contributed by atoms with van der Waals surface area (Å²) < 4.78 is 0. The molecular weight excluding hydrogens is 524 g/mol. The number of hydrogen-bond acceptors (Lipinski definition) is 6. The standard InChI is InChI=1S/C30H38N4O4.CH2O2/c1-17(31-4)27(36)33-24-15-19-14-20(35)12-13-22(19)25-16-30(2,3)26(34(25)29(24)38)28(37)32-23-11-7-9-18-8-5-6-10-21(18)23;2-1-3/h5-6,8,10,12-14,17,23-26,31,35H,7,9,11,15-16H2,1-4H3,(H,32,37)(H,33,36);1H,(H,2,3)/t17-,23+,24-,25+,26?;/m0./s1. The number of carbonyl (C=O) groups excluding carboxylic acids is 3. The molecule has 2 heterocycles. The van der Waals surface area contributed by atoms with E-state index in [9.17, 15) is 19.5 Å². The van der Waals surface area contributed by atoms with Gasteiger partial charge in [-0.2, -0.15) is 0 Å². The van der Waals surface area contributed by atoms with E-state index in [0.717, 1.165) is 36.0 Å². The number of aromatic hydroxyl groups is 1. The van der Waals surface area contributed by atoms with Crippen LogP contribution in [-0.4, -0.2) is 64.5 Å². The molecule has 5 N–H and O–H groups in total. The number of likely N-dealkylation sites (N-methyl/N-ethyl adjacent to an activating group) is 1. The fourth-order valence-electron chi connectivity index (χ4n) is 6.56. The van der Waals surface area contributed by atoms with Crippen LogP contribution in [0.4, 0.5) is 0 Å². The number of amides is 3. The largest absolute Gasteiger partial charge is 0.508 e. The molecule has 1 saturated heterocycles. The van der Waals surface area contributed by atoms with Gasteiger partial charge in [0.15, 0.2) is 0 Å². The van der Waals surface area contributed by atoms with Crippen molar-refractivity contribution in [3.63, 3.8) is 0 Å². The summed E-state index contributed by atoms with van der Waals surface area (Å²) in [5.41, 5.74) is 3.63. The van der Waals surface area contributed by atoms with Crippen LogP contribution in [0.15, 0.2) is 42.5 Å². The minimum Gasteiger partial charge on any atom is -0.508 e. The summed E-state index contributed by atoms with van der Waals surface area (Å²) in [4.78, 5) is 51.1. The summed E-state index contributed by atoms with van der Waals surface area (Å²) in [5.74, 6) is -0.606. The van der Waals surface area contributed by atoms with Gasteiger partial charge in [-0.3, -0.25) is 19.2 Å². The number of hydrogen-bond donors (Lipinski definition) is 5. The Morgan fingerprint density at radius 3 is 2.49 bits per heavy atom. The average molecular weight is 565 g/mol. The molecule has 0 saturated carbocycles. The summed E-state index contributed by atoms with van der Waals surface area (Å²) in [7, 11) is 1.69. The van der Waals surface area contributed by atoms with Gasteiger partial charge in [0.25, 0.3) is 6.47 Å². The molecule has 10 heteroatoms. The number of carbonyl (C=O) groups is 4. The number of nitrogens with zero attached hydrogens (tertiary/aromatic N) is 1. The fourth-order valence-corrected chi connectivity index (χ4v) is 6.56. The van der Waals surface area contributed by atoms with Gasteiger partial charge in [-0.15, -0.1) is 0 Å². The Hall–Kier alpha value is -3.92. The minimum absolute atomic E-state index is 0.0967. The molecule has 1 unspecified atom stereocenters. The molecule has 3 aliphatic rings. The molecule has 0 bridgehead atoms. The number of carboxylic acid groups (broad SMARTS) is 1. The third-order valence-corrected chi connectivity index (χ3v) is 8.61. The predicted molar refractivity (Wildman–Crippen MR) is 153 cm³/mol. The van der Waals surface area contributed by atoms with Crippen LogP contribution >= 0.6 is 0 Å². The zero-order chi connectivity index (χ0) is 29.9. The Morgan fingerprint density at radius 1 is 1.07 bits per heavy atom. The first-order chi connectivity index (χ1) is 19.5. The first kappa shape index (κ1) is 30.0. The molecule has 41 heavy (non-hydrogen) atoms. The van der Waals surface area contributed by atoms with Crippen molar-refractivity contribution in [3.8, 4) is 5.75 Å². The smallest absolute Gasteiger partial charge is 0.290 e. The van der Waals surface area contributed by atoms with Crippen LogP contribution in [0.5, 0.6) is 5.75 Å². The van der Waals surface area contributed by atoms with E-state index >= 15 is 0 Å². The molecule has 2 aromatic carbocycles. The number of fused-ring (bicyclic) bond motifs is 4. The van der Waals surface area contributed by atoms with E-state index in [-0.39, 0.29) is 48.4 Å². The van der Waals surface area contributed by atoms with Crippen molar-refractivity contribution in [3.05, 3.63) is 64.7 Å². The Balaban J connectivity index is 0.00000124. The van der Waals surface area contributed by atoms with E-state index in [2.05, 4.69) is 28.1 Å². The van der Waals surface area contributed by atoms with E-state index in [1.165, 1.54) is 5.56 Å². The molecule has 0 radical (unpaired) electrons. The van der Waals surface area contributed by atoms with Crippen LogP contribution in [0, 0.1) is 5.41 Å². The first-order valence-corrected chi connectivity index (χ1v) is 14.1. The summed E-state index contributed by atoms with van der Waals surface area (Å²) in [5, 5.41) is 26.2. The van der Waals surface area contributed by atoms with Gasteiger partial charge in [-0.1, -0.05) is 44.2 Å². The van der Waals surface area contributed by atoms with Gasteiger partial charge in [0.05, 0.1) is 18.1 Å². The van der Waals surface area contributed by atoms with Crippen molar-refractivity contribution >= 4 is 24.2 Å². The molecule has 10 nitrogen and oxygen atoms in total. The Kier molecular flexibility index (Phi) is 9.01. The monoisotopic (exact) mass is 564 g/mol. The third-order valence-electron chi connectivity index (χ3n) is 8.61. The normalized spacial score (nSPS) is 24.8. The van der Waals surface area contributed by atoms with Gasteiger partial charge in [-0.25, -0.2) is 0 Å². The van der Waals surface area contributed by atoms with Crippen LogP contribution in [0.3, 0.4) is 0 Å². The van der Waals surface area contributed by atoms with E-state index in [4.69, 9.17) is 9.90 Å². The van der Waals surface area contributed by atoms with Crippen molar-refractivity contribution in [2.24, 2.45) is 5.41 Å². The average Bonchev–Trinajstić information content (AvgIpc) is 3.17. The molecule has 2 aliphatic heterocycles. The van der Waals surface area contributed by atoms with Gasteiger partial charge in [0, 0.05) is 6.42 Å². The lowest BCUT2D eigenvalue weighted by Gasteiger charge is -2.36. The highest BCUT2D eigenvalue weighted by Crippen LogP contribution is 2.50. The van der Waals surface area contributed by atoms with E-state index < -0.39 is 23.5 Å². The summed E-state index contributed by atoms with van der Waals surface area (Å²) in [6.07, 6.45) is 3.71. The zero-order valence-electron chi connectivity index (χ0n) is 24.0. The maximum Gasteiger partial charge on any atom is 0.290 e. The van der Waals surface area contributed by atoms with Crippen LogP contribution in [-0.2, 0) is 32.0 Å². The van der Waals surface area contributed by atoms with E-state index in [1.807, 2.05) is 32.0 Å². The van der Waals surface area contributed by atoms with Gasteiger partial charge in [-0.05, 0) is 79.5 Å². The SMILES string of the molecule is CN[C@@H](C)C(=O)N[C@H]1Cc2cc(O)ccc2[C@H]2CC(C)(C)C(C(=O)N[C@@H]3CCCc4ccccc43)N2C1=O.O=CO. The molecular formula is C31H40N4O6. The number of phenolic OH excluding ortho intramolecular Hbond substituents is 1. The van der Waals surface area contributed by atoms with Crippen LogP contribution < -0.4 is 16.0 Å². The predicted octanol–water partition coefficient (Wildman–Crippen LogP) is 2.60. The van der Waals surface area contributed by atoms with Gasteiger partial charge in [0.1, 0.15) is 17.8 Å². The fraction of sp³-hybridized carbons (Fsp3) is 0.484. The van der Waals surface area contributed by atoms with E-state index in [1.54, 1.807) is 31.0 Å². The van der Waals surface area contributed by atoms with Crippen molar-refractivity contribution < 1.29 is 29.4 Å². The lowest BCUT2D eigenvalue weighted by atomic mass is 9.81. The topological polar surface area (TPSA) is 148 Å². The van der Waals surface area contributed by atoms with Gasteiger partial charge < -0.3 is 31.1 Å². The van der Waals surface area contributed by atoms with Crippen molar-refractivity contribution in [2.75, 3.05) is 7.05 Å². The molecule has 1 aliphatic carbocycles. The van der Waals surface area contributed by atoms with Crippen LogP contribution in [0.25, 0.3) is 0 Å². The second-order valence-electron chi connectivity index (χ2n) is 11.8. The summed E-state index contributed by atoms with van der Waals surface area (Å²) in [6.45, 7) is 5.55. The number of nitrogens with one attached hydrogen (secondary N) is 3. The molecule has 5 atom stereocenters. The number of rotatable bonds is 5. The van der Waals surface area contributed by atoms with Gasteiger partial charge >= 0.3 is 0 Å². The first-order valence-electron chi connectivity index (χ1n) is 14.1. The van der Waals surface area contributed by atoms with Crippen LogP contribution in [0.1, 0.15) is 74.4 Å². The highest BCUT2D eigenvalue weighted by molar-refractivity contribution is 5.95. The molecule has 3 amide bonds. The molecule has 0 aromatic heterocycles. The molecule has 220 valence electrons. The van der Waals surface area contributed by atoms with E-state index in [0.29, 0.717) is 6.42 Å². The maximum absolute atomic E-state index is 14.2. The van der Waals surface area contributed by atoms with Crippen molar-refractivity contribution in [2.45, 2.75) is 83.1 Å². The summed E-state index contributed by atoms with van der Waals surface area (Å²) >= 11 is 0. The number of phenols is 1. The second-order valence-corrected chi connectivity index (χ2v) is 11.8. The third kappa shape index (κ3) is 6.07. The lowest BCUT2D eigenvalue weighted by Crippen LogP contribution is -2.57. The lowest BCUT2D eigenvalue weighted by molar-refractivity contribution is -0.145. The molecule has 1 fully saturated rings. The second kappa shape index (κ2) is 12.3. The van der Waals surface area contributed by atoms with Crippen molar-refractivity contribution in [1.29, 1.82) is 0 Å².